The second kappa shape index (κ2) is 9.06. The summed E-state index contributed by atoms with van der Waals surface area (Å²) in [5.74, 6) is 0.294. The highest BCUT2D eigenvalue weighted by molar-refractivity contribution is 5.74. The van der Waals surface area contributed by atoms with E-state index in [0.29, 0.717) is 5.88 Å². The molecule has 2 N–H and O–H groups in total. The van der Waals surface area contributed by atoms with Gasteiger partial charge in [-0.15, -0.1) is 0 Å². The van der Waals surface area contributed by atoms with Crippen molar-refractivity contribution < 1.29 is 9.53 Å². The molecule has 0 atom stereocenters. The van der Waals surface area contributed by atoms with Crippen molar-refractivity contribution in [3.05, 3.63) is 18.1 Å². The summed E-state index contributed by atoms with van der Waals surface area (Å²) in [6, 6.07) is 2.29. The van der Waals surface area contributed by atoms with Gasteiger partial charge in [-0.05, 0) is 38.5 Å². The van der Waals surface area contributed by atoms with Crippen LogP contribution >= 0.6 is 0 Å². The van der Waals surface area contributed by atoms with Crippen LogP contribution in [0.5, 0.6) is 5.88 Å². The van der Waals surface area contributed by atoms with E-state index in [9.17, 15) is 4.79 Å². The van der Waals surface area contributed by atoms with Gasteiger partial charge in [-0.3, -0.25) is 0 Å². The minimum absolute atomic E-state index is 0.00828. The molecule has 130 valence electrons. The van der Waals surface area contributed by atoms with Crippen LogP contribution in [0.2, 0.25) is 0 Å². The molecular formula is C17H25N5O2. The lowest BCUT2D eigenvalue weighted by molar-refractivity contribution is 0.133. The van der Waals surface area contributed by atoms with Crippen molar-refractivity contribution in [2.75, 3.05) is 0 Å². The van der Waals surface area contributed by atoms with Gasteiger partial charge in [-0.1, -0.05) is 13.8 Å². The summed E-state index contributed by atoms with van der Waals surface area (Å²) in [6.07, 6.45) is 8.21. The highest BCUT2D eigenvalue weighted by Gasteiger charge is 2.25. The molecule has 0 radical (unpaired) electrons. The summed E-state index contributed by atoms with van der Waals surface area (Å²) in [5.41, 5.74) is 0.210. The minimum atomic E-state index is -0.0891. The Labute approximate surface area is 142 Å². The number of amides is 2. The number of rotatable bonds is 6. The van der Waals surface area contributed by atoms with Gasteiger partial charge < -0.3 is 15.4 Å². The second-order valence-electron chi connectivity index (χ2n) is 6.04. The summed E-state index contributed by atoms with van der Waals surface area (Å²) in [5, 5.41) is 15.0. The predicted octanol–water partition coefficient (Wildman–Crippen LogP) is 2.53. The molecule has 1 saturated carbocycles. The van der Waals surface area contributed by atoms with Crippen molar-refractivity contribution in [2.24, 2.45) is 0 Å². The average Bonchev–Trinajstić information content (AvgIpc) is 2.61. The van der Waals surface area contributed by atoms with Gasteiger partial charge in [-0.2, -0.15) is 5.26 Å². The maximum Gasteiger partial charge on any atom is 0.315 e. The first-order chi connectivity index (χ1) is 11.7. The third kappa shape index (κ3) is 5.08. The first-order valence-corrected chi connectivity index (χ1v) is 8.61. The molecule has 1 aromatic heterocycles. The second-order valence-corrected chi connectivity index (χ2v) is 6.04. The number of carbonyl (C=O) groups is 1. The monoisotopic (exact) mass is 331 g/mol. The highest BCUT2D eigenvalue weighted by atomic mass is 16.5. The van der Waals surface area contributed by atoms with Crippen LogP contribution in [0.15, 0.2) is 12.4 Å². The van der Waals surface area contributed by atoms with Crippen molar-refractivity contribution in [1.82, 2.24) is 20.6 Å². The molecule has 1 aliphatic rings. The first kappa shape index (κ1) is 18.0. The number of nitrogens with zero attached hydrogens (tertiary/aromatic N) is 3. The van der Waals surface area contributed by atoms with E-state index in [4.69, 9.17) is 10.00 Å². The molecule has 0 aliphatic heterocycles. The van der Waals surface area contributed by atoms with Crippen LogP contribution in [-0.2, 0) is 0 Å². The summed E-state index contributed by atoms with van der Waals surface area (Å²) in [6.45, 7) is 4.14. The van der Waals surface area contributed by atoms with Gasteiger partial charge in [0.05, 0.1) is 0 Å². The molecule has 0 saturated heterocycles. The quantitative estimate of drug-likeness (QED) is 0.834. The van der Waals surface area contributed by atoms with Crippen molar-refractivity contribution in [2.45, 2.75) is 70.6 Å². The van der Waals surface area contributed by atoms with Crippen molar-refractivity contribution >= 4 is 6.03 Å². The number of nitrogens with one attached hydrogen (secondary N) is 2. The number of nitriles is 1. The molecule has 7 heteroatoms. The van der Waals surface area contributed by atoms with E-state index >= 15 is 0 Å². The Hall–Kier alpha value is -2.36. The summed E-state index contributed by atoms with van der Waals surface area (Å²) < 4.78 is 5.81. The first-order valence-electron chi connectivity index (χ1n) is 8.61. The third-order valence-corrected chi connectivity index (χ3v) is 4.38. The SMILES string of the molecule is CCC(CC)NC(=O)NC1CCC(Oc2nccnc2C#N)CC1. The van der Waals surface area contributed by atoms with Gasteiger partial charge in [0.25, 0.3) is 5.88 Å². The lowest BCUT2D eigenvalue weighted by Crippen LogP contribution is -2.47. The molecule has 1 heterocycles. The Bertz CT molecular complexity index is 575. The van der Waals surface area contributed by atoms with Gasteiger partial charge in [0.1, 0.15) is 12.2 Å². The molecule has 1 fully saturated rings. The van der Waals surface area contributed by atoms with Crippen LogP contribution in [0.1, 0.15) is 58.1 Å². The Morgan fingerprint density at radius 3 is 2.58 bits per heavy atom. The zero-order valence-corrected chi connectivity index (χ0v) is 14.3. The van der Waals surface area contributed by atoms with Gasteiger partial charge in [0, 0.05) is 24.5 Å². The highest BCUT2D eigenvalue weighted by Crippen LogP contribution is 2.23. The number of carbonyl (C=O) groups excluding carboxylic acids is 1. The number of aromatic nitrogens is 2. The maximum absolute atomic E-state index is 12.0. The Balaban J connectivity index is 1.77. The molecule has 7 nitrogen and oxygen atoms in total. The lowest BCUT2D eigenvalue weighted by Gasteiger charge is -2.29. The largest absolute Gasteiger partial charge is 0.472 e. The topological polar surface area (TPSA) is 99.9 Å². The molecular weight excluding hydrogens is 306 g/mol. The Morgan fingerprint density at radius 2 is 1.96 bits per heavy atom. The van der Waals surface area contributed by atoms with Crippen LogP contribution in [0.25, 0.3) is 0 Å². The molecule has 0 aromatic carbocycles. The zero-order valence-electron chi connectivity index (χ0n) is 14.3. The number of hydrogen-bond acceptors (Lipinski definition) is 5. The molecule has 0 spiro atoms. The smallest absolute Gasteiger partial charge is 0.315 e. The Kier molecular flexibility index (Phi) is 6.79. The van der Waals surface area contributed by atoms with E-state index in [2.05, 4.69) is 34.4 Å². The molecule has 1 aromatic rings. The summed E-state index contributed by atoms with van der Waals surface area (Å²) in [7, 11) is 0. The van der Waals surface area contributed by atoms with E-state index in [1.54, 1.807) is 0 Å². The molecule has 2 amide bonds. The van der Waals surface area contributed by atoms with Crippen LogP contribution in [0, 0.1) is 11.3 Å². The summed E-state index contributed by atoms with van der Waals surface area (Å²) >= 11 is 0. The number of hydrogen-bond donors (Lipinski definition) is 2. The molecule has 24 heavy (non-hydrogen) atoms. The normalized spacial score (nSPS) is 20.2. The molecule has 0 bridgehead atoms. The number of urea groups is 1. The molecule has 0 unspecified atom stereocenters. The lowest BCUT2D eigenvalue weighted by atomic mass is 9.93. The van der Waals surface area contributed by atoms with Crippen LogP contribution in [-0.4, -0.2) is 34.2 Å². The van der Waals surface area contributed by atoms with E-state index in [1.165, 1.54) is 12.4 Å². The predicted molar refractivity (Wildman–Crippen MR) is 89.5 cm³/mol. The fourth-order valence-corrected chi connectivity index (χ4v) is 2.88. The van der Waals surface area contributed by atoms with Crippen LogP contribution < -0.4 is 15.4 Å². The maximum atomic E-state index is 12.0. The molecule has 2 rings (SSSR count). The van der Waals surface area contributed by atoms with Crippen molar-refractivity contribution in [1.29, 1.82) is 5.26 Å². The standard InChI is InChI=1S/C17H25N5O2/c1-3-12(4-2)21-17(23)22-13-5-7-14(8-6-13)24-16-15(11-18)19-9-10-20-16/h9-10,12-14H,3-8H2,1-2H3,(H2,21,22,23). The average molecular weight is 331 g/mol. The van der Waals surface area contributed by atoms with Gasteiger partial charge in [-0.25, -0.2) is 14.8 Å². The number of ether oxygens (including phenoxy) is 1. The third-order valence-electron chi connectivity index (χ3n) is 4.38. The molecule has 1 aliphatic carbocycles. The van der Waals surface area contributed by atoms with E-state index in [1.807, 2.05) is 6.07 Å². The zero-order chi connectivity index (χ0) is 17.4. The van der Waals surface area contributed by atoms with Gasteiger partial charge >= 0.3 is 6.03 Å². The van der Waals surface area contributed by atoms with E-state index in [0.717, 1.165) is 38.5 Å². The van der Waals surface area contributed by atoms with Crippen LogP contribution in [0.3, 0.4) is 0 Å². The van der Waals surface area contributed by atoms with E-state index < -0.39 is 0 Å². The van der Waals surface area contributed by atoms with E-state index in [-0.39, 0.29) is 29.9 Å². The van der Waals surface area contributed by atoms with Gasteiger partial charge in [0.2, 0.25) is 5.69 Å². The Morgan fingerprint density at radius 1 is 1.29 bits per heavy atom. The van der Waals surface area contributed by atoms with Crippen molar-refractivity contribution in [3.8, 4) is 11.9 Å². The minimum Gasteiger partial charge on any atom is -0.472 e. The summed E-state index contributed by atoms with van der Waals surface area (Å²) in [4.78, 5) is 20.0. The van der Waals surface area contributed by atoms with Crippen molar-refractivity contribution in [3.63, 3.8) is 0 Å². The van der Waals surface area contributed by atoms with Gasteiger partial charge in [0.15, 0.2) is 0 Å². The fraction of sp³-hybridized carbons (Fsp3) is 0.647. The fourth-order valence-electron chi connectivity index (χ4n) is 2.88. The van der Waals surface area contributed by atoms with Crippen LogP contribution in [0.4, 0.5) is 4.79 Å².